The molecule has 0 unspecified atom stereocenters. The first-order chi connectivity index (χ1) is 11.3. The van der Waals surface area contributed by atoms with Crippen LogP contribution < -0.4 is 0 Å². The monoisotopic (exact) mass is 330 g/mol. The molecule has 3 heteroatoms. The zero-order valence-corrected chi connectivity index (χ0v) is 15.3. The number of hydrogen-bond donors (Lipinski definition) is 1. The summed E-state index contributed by atoms with van der Waals surface area (Å²) in [6, 6.07) is 7.46. The Kier molecular flexibility index (Phi) is 6.22. The van der Waals surface area contributed by atoms with Crippen LogP contribution in [0.2, 0.25) is 0 Å². The van der Waals surface area contributed by atoms with Gasteiger partial charge in [0, 0.05) is 0 Å². The number of carbonyl (C=O) groups excluding carboxylic acids is 1. The Morgan fingerprint density at radius 2 is 1.88 bits per heavy atom. The third-order valence-electron chi connectivity index (χ3n) is 5.21. The topological polar surface area (TPSA) is 46.5 Å². The predicted octanol–water partition coefficient (Wildman–Crippen LogP) is 4.59. The Morgan fingerprint density at radius 1 is 1.25 bits per heavy atom. The first-order valence-electron chi connectivity index (χ1n) is 8.94. The lowest BCUT2D eigenvalue weighted by Crippen LogP contribution is -2.36. The Hall–Kier alpha value is -1.61. The molecule has 132 valence electrons. The number of carbonyl (C=O) groups is 1. The average molecular weight is 330 g/mol. The molecule has 1 fully saturated rings. The molecule has 24 heavy (non-hydrogen) atoms. The molecule has 1 aliphatic rings. The number of esters is 1. The Morgan fingerprint density at radius 3 is 2.46 bits per heavy atom. The van der Waals surface area contributed by atoms with Gasteiger partial charge in [0.2, 0.25) is 0 Å². The molecule has 0 heterocycles. The SMILES string of the molecule is C=C(C(=O)O[C@H]1C[C@H](C)CC[C@H]1C(C)C)[C@@H](O)c1ccc(C)cc1. The van der Waals surface area contributed by atoms with Gasteiger partial charge in [-0.25, -0.2) is 4.79 Å². The minimum absolute atomic E-state index is 0.0804. The van der Waals surface area contributed by atoms with Crippen LogP contribution in [0.3, 0.4) is 0 Å². The van der Waals surface area contributed by atoms with E-state index in [-0.39, 0.29) is 11.7 Å². The number of rotatable bonds is 5. The van der Waals surface area contributed by atoms with Crippen LogP contribution in [0.25, 0.3) is 0 Å². The normalized spacial score (nSPS) is 25.3. The van der Waals surface area contributed by atoms with Crippen LogP contribution in [-0.4, -0.2) is 17.2 Å². The molecule has 0 saturated heterocycles. The van der Waals surface area contributed by atoms with Gasteiger partial charge in [0.25, 0.3) is 0 Å². The van der Waals surface area contributed by atoms with E-state index in [1.165, 1.54) is 6.42 Å². The fourth-order valence-corrected chi connectivity index (χ4v) is 3.52. The number of aliphatic hydroxyl groups is 1. The van der Waals surface area contributed by atoms with E-state index in [0.29, 0.717) is 23.3 Å². The zero-order valence-electron chi connectivity index (χ0n) is 15.3. The first-order valence-corrected chi connectivity index (χ1v) is 8.94. The number of hydrogen-bond acceptors (Lipinski definition) is 3. The quantitative estimate of drug-likeness (QED) is 0.634. The highest BCUT2D eigenvalue weighted by atomic mass is 16.5. The van der Waals surface area contributed by atoms with Gasteiger partial charge in [0.15, 0.2) is 0 Å². The summed E-state index contributed by atoms with van der Waals surface area (Å²) in [5.41, 5.74) is 1.88. The lowest BCUT2D eigenvalue weighted by Gasteiger charge is -2.37. The number of ether oxygens (including phenoxy) is 1. The van der Waals surface area contributed by atoms with E-state index >= 15 is 0 Å². The van der Waals surface area contributed by atoms with Gasteiger partial charge in [0.05, 0.1) is 5.57 Å². The maximum absolute atomic E-state index is 12.5. The zero-order chi connectivity index (χ0) is 17.9. The highest BCUT2D eigenvalue weighted by molar-refractivity contribution is 5.89. The van der Waals surface area contributed by atoms with E-state index in [2.05, 4.69) is 27.4 Å². The van der Waals surface area contributed by atoms with Gasteiger partial charge >= 0.3 is 5.97 Å². The van der Waals surface area contributed by atoms with Gasteiger partial charge < -0.3 is 9.84 Å². The first kappa shape index (κ1) is 18.7. The maximum Gasteiger partial charge on any atom is 0.336 e. The fourth-order valence-electron chi connectivity index (χ4n) is 3.52. The number of aryl methyl sites for hydroxylation is 1. The smallest absolute Gasteiger partial charge is 0.336 e. The second kappa shape index (κ2) is 7.98. The summed E-state index contributed by atoms with van der Waals surface area (Å²) in [5.74, 6) is 0.945. The second-order valence-electron chi connectivity index (χ2n) is 7.61. The van der Waals surface area contributed by atoms with E-state index < -0.39 is 12.1 Å². The van der Waals surface area contributed by atoms with Gasteiger partial charge in [-0.2, -0.15) is 0 Å². The summed E-state index contributed by atoms with van der Waals surface area (Å²) in [5, 5.41) is 10.4. The summed E-state index contributed by atoms with van der Waals surface area (Å²) in [6.07, 6.45) is 2.07. The van der Waals surface area contributed by atoms with Gasteiger partial charge in [-0.05, 0) is 43.1 Å². The predicted molar refractivity (Wildman–Crippen MR) is 96.5 cm³/mol. The summed E-state index contributed by atoms with van der Waals surface area (Å²) in [7, 11) is 0. The fraction of sp³-hybridized carbons (Fsp3) is 0.571. The lowest BCUT2D eigenvalue weighted by molar-refractivity contribution is -0.152. The van der Waals surface area contributed by atoms with Gasteiger partial charge in [-0.15, -0.1) is 0 Å². The molecule has 1 aromatic carbocycles. The van der Waals surface area contributed by atoms with Crippen LogP contribution in [-0.2, 0) is 9.53 Å². The van der Waals surface area contributed by atoms with Crippen molar-refractivity contribution in [3.8, 4) is 0 Å². The molecule has 0 spiro atoms. The largest absolute Gasteiger partial charge is 0.459 e. The van der Waals surface area contributed by atoms with Crippen molar-refractivity contribution in [1.82, 2.24) is 0 Å². The summed E-state index contributed by atoms with van der Waals surface area (Å²) >= 11 is 0. The van der Waals surface area contributed by atoms with Crippen molar-refractivity contribution in [2.45, 2.75) is 59.2 Å². The van der Waals surface area contributed by atoms with Crippen molar-refractivity contribution in [2.75, 3.05) is 0 Å². The highest BCUT2D eigenvalue weighted by Gasteiger charge is 2.34. The second-order valence-corrected chi connectivity index (χ2v) is 7.61. The average Bonchev–Trinajstić information content (AvgIpc) is 2.54. The van der Waals surface area contributed by atoms with E-state index in [4.69, 9.17) is 4.74 Å². The van der Waals surface area contributed by atoms with E-state index in [0.717, 1.165) is 18.4 Å². The van der Waals surface area contributed by atoms with E-state index in [1.54, 1.807) is 0 Å². The third-order valence-corrected chi connectivity index (χ3v) is 5.21. The van der Waals surface area contributed by atoms with Crippen LogP contribution in [0.15, 0.2) is 36.4 Å². The molecule has 3 nitrogen and oxygen atoms in total. The number of benzene rings is 1. The number of aliphatic hydroxyl groups excluding tert-OH is 1. The molecule has 1 aromatic rings. The summed E-state index contributed by atoms with van der Waals surface area (Å²) in [4.78, 5) is 12.5. The standard InChI is InChI=1S/C21H30O3/c1-13(2)18-11-8-15(4)12-19(18)24-21(23)16(5)20(22)17-9-6-14(3)7-10-17/h6-7,9-10,13,15,18-20,22H,5,8,11-12H2,1-4H3/t15-,18+,19+,20-/m1/s1. The van der Waals surface area contributed by atoms with Crippen LogP contribution in [0, 0.1) is 24.7 Å². The van der Waals surface area contributed by atoms with Gasteiger partial charge in [-0.1, -0.05) is 63.6 Å². The van der Waals surface area contributed by atoms with Crippen LogP contribution in [0.4, 0.5) is 0 Å². The van der Waals surface area contributed by atoms with Crippen LogP contribution in [0.1, 0.15) is 57.3 Å². The van der Waals surface area contributed by atoms with Gasteiger partial charge in [-0.3, -0.25) is 0 Å². The Labute approximate surface area is 145 Å². The Balaban J connectivity index is 2.04. The third kappa shape index (κ3) is 4.47. The molecule has 0 bridgehead atoms. The van der Waals surface area contributed by atoms with Crippen LogP contribution in [0.5, 0.6) is 0 Å². The molecule has 1 aliphatic carbocycles. The molecule has 2 rings (SSSR count). The van der Waals surface area contributed by atoms with Crippen LogP contribution >= 0.6 is 0 Å². The maximum atomic E-state index is 12.5. The minimum atomic E-state index is -1.02. The molecular weight excluding hydrogens is 300 g/mol. The highest BCUT2D eigenvalue weighted by Crippen LogP contribution is 2.36. The molecular formula is C21H30O3. The molecule has 0 radical (unpaired) electrons. The van der Waals surface area contributed by atoms with Crippen molar-refractivity contribution in [3.05, 3.63) is 47.5 Å². The molecule has 0 aromatic heterocycles. The molecule has 4 atom stereocenters. The van der Waals surface area contributed by atoms with Gasteiger partial charge in [0.1, 0.15) is 12.2 Å². The molecule has 0 amide bonds. The Bertz CT molecular complexity index is 573. The van der Waals surface area contributed by atoms with E-state index in [9.17, 15) is 9.90 Å². The van der Waals surface area contributed by atoms with Crippen molar-refractivity contribution < 1.29 is 14.6 Å². The molecule has 1 saturated carbocycles. The summed E-state index contributed by atoms with van der Waals surface area (Å²) < 4.78 is 5.77. The van der Waals surface area contributed by atoms with Crippen molar-refractivity contribution >= 4 is 5.97 Å². The molecule has 1 N–H and O–H groups in total. The van der Waals surface area contributed by atoms with Crippen molar-refractivity contribution in [1.29, 1.82) is 0 Å². The van der Waals surface area contributed by atoms with Crippen molar-refractivity contribution in [2.24, 2.45) is 17.8 Å². The summed E-state index contributed by atoms with van der Waals surface area (Å²) in [6.45, 7) is 12.3. The van der Waals surface area contributed by atoms with Crippen molar-refractivity contribution in [3.63, 3.8) is 0 Å². The van der Waals surface area contributed by atoms with E-state index in [1.807, 2.05) is 31.2 Å². The molecule has 0 aliphatic heterocycles. The lowest BCUT2D eigenvalue weighted by atomic mass is 9.75. The minimum Gasteiger partial charge on any atom is -0.459 e.